The number of hydrogen-bond donors (Lipinski definition) is 2. The summed E-state index contributed by atoms with van der Waals surface area (Å²) < 4.78 is 0. The van der Waals surface area contributed by atoms with E-state index in [-0.39, 0.29) is 24.8 Å². The maximum atomic E-state index is 10.6. The van der Waals surface area contributed by atoms with Crippen molar-refractivity contribution < 1.29 is 5.11 Å². The lowest BCUT2D eigenvalue weighted by Crippen LogP contribution is -2.45. The molecule has 0 amide bonds. The SMILES string of the molecule is Cl.Cl.OC1(CN2CCCN(CCCc3ccccc3)CC2)CCNC1. The first-order valence-corrected chi connectivity index (χ1v) is 9.15. The van der Waals surface area contributed by atoms with E-state index in [1.807, 2.05) is 0 Å². The van der Waals surface area contributed by atoms with Gasteiger partial charge in [-0.05, 0) is 57.4 Å². The zero-order valence-electron chi connectivity index (χ0n) is 15.0. The Labute approximate surface area is 164 Å². The molecule has 1 aromatic carbocycles. The summed E-state index contributed by atoms with van der Waals surface area (Å²) in [6.07, 6.45) is 4.52. The normalized spacial score (nSPS) is 25.0. The highest BCUT2D eigenvalue weighted by Crippen LogP contribution is 2.17. The summed E-state index contributed by atoms with van der Waals surface area (Å²) >= 11 is 0. The fourth-order valence-corrected chi connectivity index (χ4v) is 3.84. The molecule has 2 aliphatic heterocycles. The summed E-state index contributed by atoms with van der Waals surface area (Å²) in [7, 11) is 0. The van der Waals surface area contributed by atoms with Crippen molar-refractivity contribution in [2.75, 3.05) is 52.4 Å². The first kappa shape index (κ1) is 22.7. The van der Waals surface area contributed by atoms with Crippen molar-refractivity contribution in [1.82, 2.24) is 15.1 Å². The van der Waals surface area contributed by atoms with Crippen LogP contribution in [0.15, 0.2) is 30.3 Å². The van der Waals surface area contributed by atoms with Crippen LogP contribution in [-0.4, -0.2) is 72.9 Å². The van der Waals surface area contributed by atoms with Gasteiger partial charge >= 0.3 is 0 Å². The Kier molecular flexibility index (Phi) is 10.3. The first-order chi connectivity index (χ1) is 11.2. The smallest absolute Gasteiger partial charge is 0.0909 e. The molecule has 1 aromatic rings. The zero-order valence-corrected chi connectivity index (χ0v) is 16.7. The van der Waals surface area contributed by atoms with Crippen LogP contribution in [0.5, 0.6) is 0 Å². The van der Waals surface area contributed by atoms with Gasteiger partial charge in [0.2, 0.25) is 0 Å². The average Bonchev–Trinajstić information content (AvgIpc) is 2.86. The summed E-state index contributed by atoms with van der Waals surface area (Å²) in [4.78, 5) is 5.06. The monoisotopic (exact) mass is 389 g/mol. The molecule has 1 atom stereocenters. The molecule has 144 valence electrons. The van der Waals surface area contributed by atoms with Gasteiger partial charge in [0.05, 0.1) is 5.60 Å². The number of nitrogens with one attached hydrogen (secondary N) is 1. The number of nitrogens with zero attached hydrogens (tertiary/aromatic N) is 2. The van der Waals surface area contributed by atoms with Crippen LogP contribution in [0.3, 0.4) is 0 Å². The van der Waals surface area contributed by atoms with Gasteiger partial charge in [0.15, 0.2) is 0 Å². The highest BCUT2D eigenvalue weighted by molar-refractivity contribution is 5.85. The molecule has 0 radical (unpaired) electrons. The van der Waals surface area contributed by atoms with Gasteiger partial charge in [0.25, 0.3) is 0 Å². The molecule has 2 aliphatic rings. The highest BCUT2D eigenvalue weighted by Gasteiger charge is 2.33. The number of aryl methyl sites for hydroxylation is 1. The molecule has 6 heteroatoms. The highest BCUT2D eigenvalue weighted by atomic mass is 35.5. The minimum absolute atomic E-state index is 0. The molecule has 0 saturated carbocycles. The predicted octanol–water partition coefficient (Wildman–Crippen LogP) is 2.19. The molecule has 0 aliphatic carbocycles. The summed E-state index contributed by atoms with van der Waals surface area (Å²) in [6.45, 7) is 8.28. The Hall–Kier alpha value is -0.360. The maximum Gasteiger partial charge on any atom is 0.0909 e. The first-order valence-electron chi connectivity index (χ1n) is 9.15. The molecule has 2 heterocycles. The number of aliphatic hydroxyl groups is 1. The Morgan fingerprint density at radius 2 is 1.72 bits per heavy atom. The van der Waals surface area contributed by atoms with Crippen LogP contribution < -0.4 is 5.32 Å². The second-order valence-electron chi connectivity index (χ2n) is 7.21. The molecule has 0 bridgehead atoms. The van der Waals surface area contributed by atoms with Crippen molar-refractivity contribution in [3.63, 3.8) is 0 Å². The molecule has 4 nitrogen and oxygen atoms in total. The topological polar surface area (TPSA) is 38.7 Å². The number of rotatable bonds is 6. The van der Waals surface area contributed by atoms with E-state index in [1.54, 1.807) is 0 Å². The van der Waals surface area contributed by atoms with Gasteiger partial charge in [-0.25, -0.2) is 0 Å². The van der Waals surface area contributed by atoms with E-state index in [4.69, 9.17) is 0 Å². The fraction of sp³-hybridized carbons (Fsp3) is 0.684. The number of benzene rings is 1. The lowest BCUT2D eigenvalue weighted by Gasteiger charge is -2.30. The lowest BCUT2D eigenvalue weighted by molar-refractivity contribution is 0.0220. The Bertz CT molecular complexity index is 469. The van der Waals surface area contributed by atoms with E-state index in [0.717, 1.165) is 45.7 Å². The van der Waals surface area contributed by atoms with Gasteiger partial charge in [0, 0.05) is 26.2 Å². The van der Waals surface area contributed by atoms with E-state index in [9.17, 15) is 5.11 Å². The molecule has 1 unspecified atom stereocenters. The van der Waals surface area contributed by atoms with E-state index >= 15 is 0 Å². The van der Waals surface area contributed by atoms with E-state index in [1.165, 1.54) is 37.9 Å². The van der Waals surface area contributed by atoms with Crippen molar-refractivity contribution in [3.05, 3.63) is 35.9 Å². The average molecular weight is 390 g/mol. The van der Waals surface area contributed by atoms with Crippen molar-refractivity contribution in [2.24, 2.45) is 0 Å². The van der Waals surface area contributed by atoms with E-state index < -0.39 is 5.60 Å². The minimum Gasteiger partial charge on any atom is -0.387 e. The van der Waals surface area contributed by atoms with Crippen LogP contribution in [-0.2, 0) is 6.42 Å². The maximum absolute atomic E-state index is 10.6. The molecular formula is C19H33Cl2N3O. The van der Waals surface area contributed by atoms with Crippen molar-refractivity contribution in [3.8, 4) is 0 Å². The number of halogens is 2. The Morgan fingerprint density at radius 1 is 1.00 bits per heavy atom. The van der Waals surface area contributed by atoms with Crippen molar-refractivity contribution in [2.45, 2.75) is 31.3 Å². The zero-order chi connectivity index (χ0) is 16.0. The molecule has 2 saturated heterocycles. The largest absolute Gasteiger partial charge is 0.387 e. The van der Waals surface area contributed by atoms with Gasteiger partial charge in [-0.1, -0.05) is 30.3 Å². The van der Waals surface area contributed by atoms with Crippen LogP contribution in [0.2, 0.25) is 0 Å². The number of β-amino-alcohol motifs (C(OH)–C–C–N with tert-alkyl or cyclic N) is 1. The fourth-order valence-electron chi connectivity index (χ4n) is 3.84. The second-order valence-corrected chi connectivity index (χ2v) is 7.21. The van der Waals surface area contributed by atoms with Crippen molar-refractivity contribution in [1.29, 1.82) is 0 Å². The third-order valence-corrected chi connectivity index (χ3v) is 5.20. The molecule has 2 fully saturated rings. The summed E-state index contributed by atoms with van der Waals surface area (Å²) in [6, 6.07) is 10.8. The van der Waals surface area contributed by atoms with Gasteiger partial charge in [0.1, 0.15) is 0 Å². The number of hydrogen-bond acceptors (Lipinski definition) is 4. The molecule has 0 aromatic heterocycles. The molecular weight excluding hydrogens is 357 g/mol. The summed E-state index contributed by atoms with van der Waals surface area (Å²) in [5.74, 6) is 0. The van der Waals surface area contributed by atoms with Crippen LogP contribution in [0.4, 0.5) is 0 Å². The third-order valence-electron chi connectivity index (χ3n) is 5.20. The van der Waals surface area contributed by atoms with Gasteiger partial charge < -0.3 is 15.3 Å². The van der Waals surface area contributed by atoms with Crippen LogP contribution in [0.25, 0.3) is 0 Å². The second kappa shape index (κ2) is 11.4. The van der Waals surface area contributed by atoms with Crippen LogP contribution in [0, 0.1) is 0 Å². The van der Waals surface area contributed by atoms with Gasteiger partial charge in [-0.2, -0.15) is 0 Å². The Balaban J connectivity index is 0.00000156. The van der Waals surface area contributed by atoms with Crippen LogP contribution >= 0.6 is 24.8 Å². The molecule has 3 rings (SSSR count). The van der Waals surface area contributed by atoms with E-state index in [2.05, 4.69) is 45.4 Å². The molecule has 0 spiro atoms. The van der Waals surface area contributed by atoms with Gasteiger partial charge in [-0.15, -0.1) is 24.8 Å². The third kappa shape index (κ3) is 7.41. The minimum atomic E-state index is -0.498. The quantitative estimate of drug-likeness (QED) is 0.781. The van der Waals surface area contributed by atoms with Gasteiger partial charge in [-0.3, -0.25) is 4.90 Å². The molecule has 2 N–H and O–H groups in total. The predicted molar refractivity (Wildman–Crippen MR) is 109 cm³/mol. The standard InChI is InChI=1S/C19H31N3O.2ClH/c23-19(9-10-20-16-19)17-22-13-5-12-21(14-15-22)11-4-8-18-6-2-1-3-7-18;;/h1-3,6-7,20,23H,4-5,8-17H2;2*1H. The van der Waals surface area contributed by atoms with Crippen molar-refractivity contribution >= 4 is 24.8 Å². The summed E-state index contributed by atoms with van der Waals surface area (Å²) in [5.41, 5.74) is 0.947. The lowest BCUT2D eigenvalue weighted by atomic mass is 10.0. The Morgan fingerprint density at radius 3 is 2.44 bits per heavy atom. The summed E-state index contributed by atoms with van der Waals surface area (Å²) in [5, 5.41) is 13.8. The molecule has 25 heavy (non-hydrogen) atoms. The van der Waals surface area contributed by atoms with Crippen LogP contribution in [0.1, 0.15) is 24.8 Å². The van der Waals surface area contributed by atoms with E-state index in [0.29, 0.717) is 0 Å².